The van der Waals surface area contributed by atoms with E-state index in [1.54, 1.807) is 18.3 Å². The Labute approximate surface area is 60.6 Å². The van der Waals surface area contributed by atoms with Crippen LogP contribution in [0.4, 0.5) is 0 Å². The summed E-state index contributed by atoms with van der Waals surface area (Å²) >= 11 is 0. The molecular formula is C5H6LiNO. The van der Waals surface area contributed by atoms with Gasteiger partial charge in [-0.2, -0.15) is 0 Å². The summed E-state index contributed by atoms with van der Waals surface area (Å²) in [6.07, 6.45) is 1.60. The van der Waals surface area contributed by atoms with Crippen LogP contribution in [0.25, 0.3) is 0 Å². The number of rotatable bonds is 0. The second-order valence-electron chi connectivity index (χ2n) is 1.23. The smallest absolute Gasteiger partial charge is 1.00 e. The molecule has 1 N–H and O–H groups in total. The summed E-state index contributed by atoms with van der Waals surface area (Å²) < 4.78 is 0. The van der Waals surface area contributed by atoms with Gasteiger partial charge in [0.2, 0.25) is 5.56 Å². The predicted molar refractivity (Wildman–Crippen MR) is 28.2 cm³/mol. The fourth-order valence-electron chi connectivity index (χ4n) is 0.377. The predicted octanol–water partition coefficient (Wildman–Crippen LogP) is -2.51. The van der Waals surface area contributed by atoms with Gasteiger partial charge in [0.05, 0.1) is 0 Å². The van der Waals surface area contributed by atoms with E-state index in [0.29, 0.717) is 0 Å². The number of pyridine rings is 1. The molecule has 0 fully saturated rings. The van der Waals surface area contributed by atoms with Gasteiger partial charge >= 0.3 is 18.9 Å². The Kier molecular flexibility index (Phi) is 3.34. The fourth-order valence-corrected chi connectivity index (χ4v) is 0.377. The van der Waals surface area contributed by atoms with Crippen molar-refractivity contribution < 1.29 is 20.3 Å². The largest absolute Gasteiger partial charge is 1.00 e. The van der Waals surface area contributed by atoms with Crippen LogP contribution in [0.3, 0.4) is 0 Å². The second-order valence-corrected chi connectivity index (χ2v) is 1.23. The van der Waals surface area contributed by atoms with Crippen molar-refractivity contribution in [2.45, 2.75) is 0 Å². The molecule has 0 aliphatic rings. The van der Waals surface area contributed by atoms with Crippen LogP contribution in [0.5, 0.6) is 0 Å². The van der Waals surface area contributed by atoms with Gasteiger partial charge in [-0.05, 0) is 6.07 Å². The van der Waals surface area contributed by atoms with Gasteiger partial charge in [-0.1, -0.05) is 6.07 Å². The van der Waals surface area contributed by atoms with Crippen LogP contribution in [-0.4, -0.2) is 4.98 Å². The molecule has 1 aromatic rings. The molecule has 0 bridgehead atoms. The first-order chi connectivity index (χ1) is 3.39. The molecule has 0 aromatic carbocycles. The van der Waals surface area contributed by atoms with Gasteiger partial charge in [0.15, 0.2) is 0 Å². The van der Waals surface area contributed by atoms with Gasteiger partial charge in [0.25, 0.3) is 0 Å². The quantitative estimate of drug-likeness (QED) is 0.361. The van der Waals surface area contributed by atoms with Crippen molar-refractivity contribution in [3.8, 4) is 0 Å². The van der Waals surface area contributed by atoms with E-state index in [0.717, 1.165) is 0 Å². The Bertz CT molecular complexity index is 183. The Balaban J connectivity index is 0. The SMILES string of the molecule is O=c1cccc[nH]1.[H-].[Li+]. The number of nitrogens with one attached hydrogen (secondary N) is 1. The standard InChI is InChI=1S/C5H5NO.Li.H/c7-5-3-1-2-4-6-5;;/h1-4H,(H,6,7);;/q;+1;-1. The van der Waals surface area contributed by atoms with Crippen molar-refractivity contribution in [2.75, 3.05) is 0 Å². The summed E-state index contributed by atoms with van der Waals surface area (Å²) in [7, 11) is 0. The number of aromatic amines is 1. The molecule has 1 aromatic heterocycles. The normalized spacial score (nSPS) is 7.50. The molecule has 0 atom stereocenters. The molecule has 0 saturated carbocycles. The average molecular weight is 103 g/mol. The monoisotopic (exact) mass is 103 g/mol. The molecule has 1 heterocycles. The van der Waals surface area contributed by atoms with Crippen LogP contribution in [0.1, 0.15) is 1.43 Å². The number of hydrogen-bond donors (Lipinski definition) is 1. The van der Waals surface area contributed by atoms with Gasteiger partial charge in [0, 0.05) is 12.3 Å². The molecule has 0 aliphatic heterocycles. The van der Waals surface area contributed by atoms with Gasteiger partial charge in [0.1, 0.15) is 0 Å². The molecule has 1 rings (SSSR count). The number of H-pyrrole nitrogens is 1. The zero-order chi connectivity index (χ0) is 5.11. The fraction of sp³-hybridized carbons (Fsp3) is 0. The second kappa shape index (κ2) is 3.54. The van der Waals surface area contributed by atoms with Crippen molar-refractivity contribution in [1.82, 2.24) is 4.98 Å². The zero-order valence-electron chi connectivity index (χ0n) is 5.72. The molecule has 0 saturated heterocycles. The minimum absolute atomic E-state index is 0. The molecule has 0 radical (unpaired) electrons. The summed E-state index contributed by atoms with van der Waals surface area (Å²) in [5.41, 5.74) is -0.0532. The zero-order valence-corrected chi connectivity index (χ0v) is 4.72. The van der Waals surface area contributed by atoms with Crippen LogP contribution >= 0.6 is 0 Å². The Morgan fingerprint density at radius 3 is 2.50 bits per heavy atom. The van der Waals surface area contributed by atoms with Gasteiger partial charge in [-0.3, -0.25) is 4.79 Å². The van der Waals surface area contributed by atoms with Crippen molar-refractivity contribution >= 4 is 0 Å². The van der Waals surface area contributed by atoms with Crippen LogP contribution in [0.15, 0.2) is 29.2 Å². The van der Waals surface area contributed by atoms with E-state index in [9.17, 15) is 4.79 Å². The summed E-state index contributed by atoms with van der Waals surface area (Å²) in [6, 6.07) is 4.93. The maximum Gasteiger partial charge on any atom is 1.00 e. The molecular weight excluding hydrogens is 97.0 g/mol. The topological polar surface area (TPSA) is 32.9 Å². The van der Waals surface area contributed by atoms with E-state index in [1.165, 1.54) is 6.07 Å². The van der Waals surface area contributed by atoms with Gasteiger partial charge < -0.3 is 6.41 Å². The Morgan fingerprint density at radius 2 is 2.25 bits per heavy atom. The van der Waals surface area contributed by atoms with Crippen LogP contribution in [0, 0.1) is 0 Å². The Hall–Kier alpha value is -0.453. The molecule has 0 unspecified atom stereocenters. The summed E-state index contributed by atoms with van der Waals surface area (Å²) in [4.78, 5) is 12.7. The molecule has 38 valence electrons. The van der Waals surface area contributed by atoms with E-state index in [4.69, 9.17) is 0 Å². The van der Waals surface area contributed by atoms with E-state index < -0.39 is 0 Å². The number of aromatic nitrogens is 1. The van der Waals surface area contributed by atoms with Gasteiger partial charge in [-0.25, -0.2) is 0 Å². The van der Waals surface area contributed by atoms with Crippen LogP contribution in [-0.2, 0) is 0 Å². The third kappa shape index (κ3) is 2.01. The number of hydrogen-bond acceptors (Lipinski definition) is 1. The van der Waals surface area contributed by atoms with Crippen molar-refractivity contribution in [1.29, 1.82) is 0 Å². The van der Waals surface area contributed by atoms with Gasteiger partial charge in [-0.15, -0.1) is 0 Å². The molecule has 2 nitrogen and oxygen atoms in total. The van der Waals surface area contributed by atoms with Crippen LogP contribution < -0.4 is 24.4 Å². The van der Waals surface area contributed by atoms with E-state index in [2.05, 4.69) is 4.98 Å². The van der Waals surface area contributed by atoms with E-state index >= 15 is 0 Å². The first kappa shape index (κ1) is 7.55. The van der Waals surface area contributed by atoms with Crippen molar-refractivity contribution in [3.05, 3.63) is 34.7 Å². The van der Waals surface area contributed by atoms with Crippen molar-refractivity contribution in [2.24, 2.45) is 0 Å². The van der Waals surface area contributed by atoms with Crippen molar-refractivity contribution in [3.63, 3.8) is 0 Å². The third-order valence-corrected chi connectivity index (χ3v) is 0.681. The summed E-state index contributed by atoms with van der Waals surface area (Å²) in [6.45, 7) is 0. The Morgan fingerprint density at radius 1 is 1.50 bits per heavy atom. The minimum Gasteiger partial charge on any atom is -1.00 e. The first-order valence-corrected chi connectivity index (χ1v) is 2.03. The van der Waals surface area contributed by atoms with E-state index in [-0.39, 0.29) is 25.8 Å². The molecule has 0 amide bonds. The molecule has 0 spiro atoms. The summed E-state index contributed by atoms with van der Waals surface area (Å²) in [5.74, 6) is 0. The third-order valence-electron chi connectivity index (χ3n) is 0.681. The molecule has 3 heteroatoms. The summed E-state index contributed by atoms with van der Waals surface area (Å²) in [5, 5.41) is 0. The van der Waals surface area contributed by atoms with E-state index in [1.807, 2.05) is 0 Å². The minimum atomic E-state index is -0.0532. The average Bonchev–Trinajstić information content (AvgIpc) is 1.69. The first-order valence-electron chi connectivity index (χ1n) is 2.03. The maximum absolute atomic E-state index is 10.2. The molecule has 8 heavy (non-hydrogen) atoms. The maximum atomic E-state index is 10.2. The molecule has 0 aliphatic carbocycles. The van der Waals surface area contributed by atoms with Crippen LogP contribution in [0.2, 0.25) is 0 Å².